The fourth-order valence-corrected chi connectivity index (χ4v) is 4.67. The first-order valence-corrected chi connectivity index (χ1v) is 12.2. The summed E-state index contributed by atoms with van der Waals surface area (Å²) < 4.78 is 12.2. The van der Waals surface area contributed by atoms with E-state index in [2.05, 4.69) is 10.6 Å². The minimum Gasteiger partial charge on any atom is -0.490 e. The summed E-state index contributed by atoms with van der Waals surface area (Å²) in [6, 6.07) is 12.3. The number of carbonyl (C=O) groups excluding carboxylic acids is 3. The minimum atomic E-state index is -0.355. The molecule has 0 radical (unpaired) electrons. The van der Waals surface area contributed by atoms with Crippen molar-refractivity contribution in [1.82, 2.24) is 10.2 Å². The molecule has 1 fully saturated rings. The lowest BCUT2D eigenvalue weighted by molar-refractivity contribution is -0.134. The molecule has 35 heavy (non-hydrogen) atoms. The van der Waals surface area contributed by atoms with Crippen LogP contribution in [0.25, 0.3) is 0 Å². The molecular formula is C26H30ClN3O5. The van der Waals surface area contributed by atoms with Crippen LogP contribution in [0, 0.1) is 0 Å². The Morgan fingerprint density at radius 3 is 2.71 bits per heavy atom. The van der Waals surface area contributed by atoms with Crippen LogP contribution in [0.1, 0.15) is 48.5 Å². The lowest BCUT2D eigenvalue weighted by atomic mass is 9.94. The molecule has 9 heteroatoms. The van der Waals surface area contributed by atoms with Gasteiger partial charge in [0.25, 0.3) is 5.91 Å². The Hall–Kier alpha value is -3.10. The highest BCUT2D eigenvalue weighted by molar-refractivity contribution is 6.31. The van der Waals surface area contributed by atoms with Crippen molar-refractivity contribution < 1.29 is 23.9 Å². The third-order valence-electron chi connectivity index (χ3n) is 6.46. The van der Waals surface area contributed by atoms with Gasteiger partial charge in [-0.1, -0.05) is 36.7 Å². The Labute approximate surface area is 209 Å². The molecular weight excluding hydrogens is 470 g/mol. The van der Waals surface area contributed by atoms with Gasteiger partial charge in [0.2, 0.25) is 11.8 Å². The van der Waals surface area contributed by atoms with Gasteiger partial charge in [-0.15, -0.1) is 0 Å². The molecule has 4 rings (SSSR count). The van der Waals surface area contributed by atoms with Crippen molar-refractivity contribution in [2.45, 2.75) is 57.4 Å². The van der Waals surface area contributed by atoms with Crippen molar-refractivity contribution in [3.63, 3.8) is 0 Å². The zero-order valence-corrected chi connectivity index (χ0v) is 20.6. The van der Waals surface area contributed by atoms with Crippen LogP contribution in [0.15, 0.2) is 42.5 Å². The molecule has 0 unspecified atom stereocenters. The molecule has 2 aliphatic rings. The molecule has 0 aromatic heterocycles. The topological polar surface area (TPSA) is 97.0 Å². The summed E-state index contributed by atoms with van der Waals surface area (Å²) in [5, 5.41) is 6.30. The summed E-state index contributed by atoms with van der Waals surface area (Å²) in [5.41, 5.74) is 1.82. The second-order valence-corrected chi connectivity index (χ2v) is 9.26. The van der Waals surface area contributed by atoms with Gasteiger partial charge in [-0.2, -0.15) is 0 Å². The van der Waals surface area contributed by atoms with Gasteiger partial charge in [-0.05, 0) is 42.7 Å². The average molecular weight is 500 g/mol. The first-order chi connectivity index (χ1) is 16.9. The summed E-state index contributed by atoms with van der Waals surface area (Å²) in [6.07, 6.45) is 1.30. The van der Waals surface area contributed by atoms with Gasteiger partial charge in [0.05, 0.1) is 24.1 Å². The summed E-state index contributed by atoms with van der Waals surface area (Å²) in [7, 11) is 1.76. The van der Waals surface area contributed by atoms with Crippen molar-refractivity contribution >= 4 is 35.0 Å². The Morgan fingerprint density at radius 1 is 1.14 bits per heavy atom. The lowest BCUT2D eigenvalue weighted by Crippen LogP contribution is -2.53. The van der Waals surface area contributed by atoms with E-state index < -0.39 is 0 Å². The lowest BCUT2D eigenvalue weighted by Gasteiger charge is -2.42. The van der Waals surface area contributed by atoms with Crippen molar-refractivity contribution in [1.29, 1.82) is 0 Å². The first kappa shape index (κ1) is 25.0. The molecule has 1 saturated heterocycles. The summed E-state index contributed by atoms with van der Waals surface area (Å²) in [6.45, 7) is 2.38. The van der Waals surface area contributed by atoms with Crippen molar-refractivity contribution in [2.75, 3.05) is 19.0 Å². The number of ether oxygens (including phenoxy) is 2. The molecule has 0 saturated carbocycles. The summed E-state index contributed by atoms with van der Waals surface area (Å²) >= 11 is 6.16. The highest BCUT2D eigenvalue weighted by Crippen LogP contribution is 2.32. The maximum absolute atomic E-state index is 13.3. The van der Waals surface area contributed by atoms with Crippen LogP contribution in [-0.4, -0.2) is 54.5 Å². The second-order valence-electron chi connectivity index (χ2n) is 8.85. The second kappa shape index (κ2) is 11.1. The quantitative estimate of drug-likeness (QED) is 0.630. The molecule has 186 valence electrons. The van der Waals surface area contributed by atoms with E-state index in [0.29, 0.717) is 47.8 Å². The predicted molar refractivity (Wildman–Crippen MR) is 133 cm³/mol. The van der Waals surface area contributed by atoms with Gasteiger partial charge in [0.1, 0.15) is 18.5 Å². The van der Waals surface area contributed by atoms with E-state index in [4.69, 9.17) is 21.1 Å². The fourth-order valence-electron chi connectivity index (χ4n) is 4.47. The van der Waals surface area contributed by atoms with Crippen LogP contribution >= 0.6 is 11.6 Å². The molecule has 0 spiro atoms. The molecule has 2 aromatic rings. The Bertz CT molecular complexity index is 1110. The largest absolute Gasteiger partial charge is 0.490 e. The number of nitrogens with zero attached hydrogens (tertiary/aromatic N) is 1. The van der Waals surface area contributed by atoms with E-state index in [9.17, 15) is 14.4 Å². The summed E-state index contributed by atoms with van der Waals surface area (Å²) in [4.78, 5) is 39.2. The van der Waals surface area contributed by atoms with Gasteiger partial charge < -0.3 is 25.0 Å². The number of hydrogen-bond donors (Lipinski definition) is 2. The van der Waals surface area contributed by atoms with E-state index >= 15 is 0 Å². The number of halogens is 1. The number of amides is 3. The number of likely N-dealkylation sites (N-methyl/N-ethyl adjacent to an activating group) is 1. The third kappa shape index (κ3) is 5.94. The maximum Gasteiger partial charge on any atom is 0.257 e. The van der Waals surface area contributed by atoms with Gasteiger partial charge in [0, 0.05) is 30.7 Å². The number of rotatable bonds is 6. The number of carbonyl (C=O) groups is 3. The standard InChI is InChI=1S/C26H30ClN3O5/c1-3-24(31)29-17-8-11-22-19(12-17)26(33)30(2)21-10-9-18(35-23(21)15-34-22)13-25(32)28-14-16-6-4-5-7-20(16)27/h4-8,11-12,18,21,23H,3,9-10,13-15H2,1-2H3,(H,28,32)(H,29,31)/t18-,21+,23-/m0/s1. The Morgan fingerprint density at radius 2 is 1.94 bits per heavy atom. The number of fused-ring (bicyclic) bond motifs is 2. The molecule has 2 heterocycles. The van der Waals surface area contributed by atoms with Gasteiger partial charge in [0.15, 0.2) is 0 Å². The fraction of sp³-hybridized carbons (Fsp3) is 0.423. The van der Waals surface area contributed by atoms with Crippen molar-refractivity contribution in [2.24, 2.45) is 0 Å². The van der Waals surface area contributed by atoms with Gasteiger partial charge >= 0.3 is 0 Å². The normalized spacial score (nSPS) is 21.6. The first-order valence-electron chi connectivity index (χ1n) is 11.8. The summed E-state index contributed by atoms with van der Waals surface area (Å²) in [5.74, 6) is 0.0107. The minimum absolute atomic E-state index is 0.114. The van der Waals surface area contributed by atoms with E-state index in [1.165, 1.54) is 0 Å². The SMILES string of the molecule is CCC(=O)Nc1ccc2c(c1)C(=O)N(C)[C@@H]1CC[C@@H](CC(=O)NCc3ccccc3Cl)O[C@H]1CO2. The van der Waals surface area contributed by atoms with Crippen LogP contribution in [0.4, 0.5) is 5.69 Å². The Balaban J connectivity index is 1.39. The van der Waals surface area contributed by atoms with E-state index in [-0.39, 0.29) is 49.0 Å². The highest BCUT2D eigenvalue weighted by Gasteiger charge is 2.39. The molecule has 2 aromatic carbocycles. The van der Waals surface area contributed by atoms with E-state index in [0.717, 1.165) is 5.56 Å². The smallest absolute Gasteiger partial charge is 0.257 e. The number of benzene rings is 2. The van der Waals surface area contributed by atoms with Gasteiger partial charge in [-0.25, -0.2) is 0 Å². The zero-order valence-electron chi connectivity index (χ0n) is 19.9. The van der Waals surface area contributed by atoms with Crippen LogP contribution in [0.3, 0.4) is 0 Å². The monoisotopic (exact) mass is 499 g/mol. The van der Waals surface area contributed by atoms with Gasteiger partial charge in [-0.3, -0.25) is 14.4 Å². The van der Waals surface area contributed by atoms with Crippen molar-refractivity contribution in [3.05, 3.63) is 58.6 Å². The van der Waals surface area contributed by atoms with Crippen LogP contribution in [0.5, 0.6) is 5.75 Å². The third-order valence-corrected chi connectivity index (χ3v) is 6.83. The molecule has 2 aliphatic heterocycles. The van der Waals surface area contributed by atoms with Crippen LogP contribution in [-0.2, 0) is 20.9 Å². The number of nitrogens with one attached hydrogen (secondary N) is 2. The Kier molecular flexibility index (Phi) is 7.93. The van der Waals surface area contributed by atoms with E-state index in [1.54, 1.807) is 43.1 Å². The van der Waals surface area contributed by atoms with E-state index in [1.807, 2.05) is 18.2 Å². The van der Waals surface area contributed by atoms with Crippen LogP contribution in [0.2, 0.25) is 5.02 Å². The molecule has 3 amide bonds. The average Bonchev–Trinajstić information content (AvgIpc) is 2.86. The molecule has 3 atom stereocenters. The molecule has 0 bridgehead atoms. The molecule has 8 nitrogen and oxygen atoms in total. The maximum atomic E-state index is 13.3. The van der Waals surface area contributed by atoms with Crippen molar-refractivity contribution in [3.8, 4) is 5.75 Å². The predicted octanol–water partition coefficient (Wildman–Crippen LogP) is 3.78. The van der Waals surface area contributed by atoms with Crippen LogP contribution < -0.4 is 15.4 Å². The molecule has 2 N–H and O–H groups in total. The number of anilines is 1. The number of hydrogen-bond acceptors (Lipinski definition) is 5. The molecule has 0 aliphatic carbocycles. The zero-order chi connectivity index (χ0) is 24.9. The highest BCUT2D eigenvalue weighted by atomic mass is 35.5.